The van der Waals surface area contributed by atoms with Crippen LogP contribution in [-0.4, -0.2) is 33.7 Å². The second kappa shape index (κ2) is 4.70. The lowest BCUT2D eigenvalue weighted by Gasteiger charge is -2.25. The van der Waals surface area contributed by atoms with Crippen LogP contribution in [0.1, 0.15) is 22.7 Å². The first-order valence-corrected chi connectivity index (χ1v) is 7.12. The summed E-state index contributed by atoms with van der Waals surface area (Å²) in [5, 5.41) is 10.9. The first-order chi connectivity index (χ1) is 8.02. The van der Waals surface area contributed by atoms with Crippen LogP contribution in [-0.2, 0) is 9.59 Å². The Bertz CT molecular complexity index is 457. The molecule has 2 rings (SSSR count). The molecule has 1 saturated heterocycles. The summed E-state index contributed by atoms with van der Waals surface area (Å²) in [6.07, 6.45) is 0. The SMILES string of the molecule is CC(=O)N1C(C(=O)O)CSC1c1sccc1C. The van der Waals surface area contributed by atoms with E-state index < -0.39 is 12.0 Å². The molecule has 0 spiro atoms. The van der Waals surface area contributed by atoms with Gasteiger partial charge >= 0.3 is 5.97 Å². The van der Waals surface area contributed by atoms with Crippen molar-refractivity contribution in [3.05, 3.63) is 21.9 Å². The number of nitrogens with zero attached hydrogens (tertiary/aromatic N) is 1. The Labute approximate surface area is 108 Å². The summed E-state index contributed by atoms with van der Waals surface area (Å²) in [6.45, 7) is 3.41. The van der Waals surface area contributed by atoms with Gasteiger partial charge in [0.2, 0.25) is 5.91 Å². The highest BCUT2D eigenvalue weighted by Crippen LogP contribution is 2.44. The van der Waals surface area contributed by atoms with Crippen LogP contribution in [0.4, 0.5) is 0 Å². The maximum Gasteiger partial charge on any atom is 0.327 e. The van der Waals surface area contributed by atoms with Crippen molar-refractivity contribution in [1.82, 2.24) is 4.90 Å². The Kier molecular flexibility index (Phi) is 3.44. The van der Waals surface area contributed by atoms with E-state index in [1.807, 2.05) is 18.4 Å². The summed E-state index contributed by atoms with van der Waals surface area (Å²) in [5.74, 6) is -0.652. The number of carboxylic acids is 1. The summed E-state index contributed by atoms with van der Waals surface area (Å²) >= 11 is 3.10. The van der Waals surface area contributed by atoms with Gasteiger partial charge in [0.25, 0.3) is 0 Å². The van der Waals surface area contributed by atoms with Crippen molar-refractivity contribution >= 4 is 35.0 Å². The third-order valence-electron chi connectivity index (χ3n) is 2.78. The number of hydrogen-bond acceptors (Lipinski definition) is 4. The predicted octanol–water partition coefficient (Wildman–Crippen LogP) is 2.10. The standard InChI is InChI=1S/C11H13NO3S2/c1-6-3-4-16-9(6)10-12(7(2)13)8(5-17-10)11(14)15/h3-4,8,10H,5H2,1-2H3,(H,14,15). The second-order valence-electron chi connectivity index (χ2n) is 3.93. The number of rotatable bonds is 2. The van der Waals surface area contributed by atoms with Crippen LogP contribution in [0, 0.1) is 6.92 Å². The molecule has 1 amide bonds. The maximum atomic E-state index is 11.6. The highest BCUT2D eigenvalue weighted by molar-refractivity contribution is 7.99. The molecule has 92 valence electrons. The van der Waals surface area contributed by atoms with Crippen LogP contribution in [0.2, 0.25) is 0 Å². The molecule has 1 N–H and O–H groups in total. The number of carboxylic acid groups (broad SMARTS) is 1. The lowest BCUT2D eigenvalue weighted by Crippen LogP contribution is -2.41. The van der Waals surface area contributed by atoms with E-state index in [0.29, 0.717) is 5.75 Å². The van der Waals surface area contributed by atoms with Crippen LogP contribution in [0.3, 0.4) is 0 Å². The zero-order chi connectivity index (χ0) is 12.6. The number of hydrogen-bond donors (Lipinski definition) is 1. The number of amides is 1. The Morgan fingerprint density at radius 3 is 2.71 bits per heavy atom. The summed E-state index contributed by atoms with van der Waals surface area (Å²) < 4.78 is 0. The molecular weight excluding hydrogens is 258 g/mol. The summed E-state index contributed by atoms with van der Waals surface area (Å²) in [7, 11) is 0. The van der Waals surface area contributed by atoms with Gasteiger partial charge in [-0.15, -0.1) is 23.1 Å². The van der Waals surface area contributed by atoms with Crippen LogP contribution in [0.15, 0.2) is 11.4 Å². The smallest absolute Gasteiger partial charge is 0.327 e. The van der Waals surface area contributed by atoms with Crippen molar-refractivity contribution in [3.63, 3.8) is 0 Å². The minimum absolute atomic E-state index is 0.145. The highest BCUT2D eigenvalue weighted by Gasteiger charge is 2.41. The molecule has 0 aliphatic carbocycles. The molecule has 0 aromatic carbocycles. The molecule has 1 aromatic rings. The third-order valence-corrected chi connectivity index (χ3v) is 5.28. The van der Waals surface area contributed by atoms with E-state index >= 15 is 0 Å². The number of aryl methyl sites for hydroxylation is 1. The lowest BCUT2D eigenvalue weighted by atomic mass is 10.2. The van der Waals surface area contributed by atoms with Crippen LogP contribution in [0.5, 0.6) is 0 Å². The number of carbonyl (C=O) groups is 2. The molecule has 1 aliphatic rings. The fraction of sp³-hybridized carbons (Fsp3) is 0.455. The fourth-order valence-electron chi connectivity index (χ4n) is 1.92. The van der Waals surface area contributed by atoms with Crippen LogP contribution < -0.4 is 0 Å². The highest BCUT2D eigenvalue weighted by atomic mass is 32.2. The van der Waals surface area contributed by atoms with E-state index in [0.717, 1.165) is 10.4 Å². The molecule has 17 heavy (non-hydrogen) atoms. The average Bonchev–Trinajstić information content (AvgIpc) is 2.82. The van der Waals surface area contributed by atoms with E-state index in [2.05, 4.69) is 0 Å². The zero-order valence-electron chi connectivity index (χ0n) is 9.54. The topological polar surface area (TPSA) is 57.6 Å². The van der Waals surface area contributed by atoms with E-state index in [1.165, 1.54) is 23.6 Å². The number of thioether (sulfide) groups is 1. The Hall–Kier alpha value is -1.01. The molecule has 6 heteroatoms. The molecule has 1 aliphatic heterocycles. The maximum absolute atomic E-state index is 11.6. The monoisotopic (exact) mass is 271 g/mol. The molecule has 2 atom stereocenters. The first kappa shape index (κ1) is 12.4. The van der Waals surface area contributed by atoms with Crippen molar-refractivity contribution in [2.24, 2.45) is 0 Å². The molecule has 2 heterocycles. The van der Waals surface area contributed by atoms with Crippen LogP contribution in [0.25, 0.3) is 0 Å². The van der Waals surface area contributed by atoms with Crippen molar-refractivity contribution in [1.29, 1.82) is 0 Å². The Morgan fingerprint density at radius 2 is 2.24 bits per heavy atom. The average molecular weight is 271 g/mol. The van der Waals surface area contributed by atoms with Gasteiger partial charge < -0.3 is 10.0 Å². The minimum Gasteiger partial charge on any atom is -0.480 e. The van der Waals surface area contributed by atoms with Crippen molar-refractivity contribution in [2.75, 3.05) is 5.75 Å². The molecular formula is C11H13NO3S2. The van der Waals surface area contributed by atoms with Crippen molar-refractivity contribution < 1.29 is 14.7 Å². The van der Waals surface area contributed by atoms with E-state index in [-0.39, 0.29) is 11.3 Å². The minimum atomic E-state index is -0.926. The predicted molar refractivity (Wildman–Crippen MR) is 68.2 cm³/mol. The van der Waals surface area contributed by atoms with Crippen molar-refractivity contribution in [2.45, 2.75) is 25.3 Å². The Balaban J connectivity index is 2.33. The van der Waals surface area contributed by atoms with E-state index in [1.54, 1.807) is 11.3 Å². The van der Waals surface area contributed by atoms with Gasteiger partial charge in [-0.25, -0.2) is 4.79 Å². The van der Waals surface area contributed by atoms with Gasteiger partial charge in [-0.2, -0.15) is 0 Å². The molecule has 1 aromatic heterocycles. The first-order valence-electron chi connectivity index (χ1n) is 5.19. The summed E-state index contributed by atoms with van der Waals surface area (Å²) in [6, 6.07) is 1.29. The summed E-state index contributed by atoms with van der Waals surface area (Å²) in [4.78, 5) is 25.3. The Morgan fingerprint density at radius 1 is 1.53 bits per heavy atom. The van der Waals surface area contributed by atoms with Gasteiger partial charge in [-0.05, 0) is 23.9 Å². The molecule has 1 fully saturated rings. The van der Waals surface area contributed by atoms with Gasteiger partial charge in [-0.3, -0.25) is 4.79 Å². The molecule has 2 unspecified atom stereocenters. The molecule has 0 saturated carbocycles. The molecule has 0 radical (unpaired) electrons. The third kappa shape index (κ3) is 2.19. The van der Waals surface area contributed by atoms with E-state index in [4.69, 9.17) is 5.11 Å². The lowest BCUT2D eigenvalue weighted by molar-refractivity contribution is -0.148. The van der Waals surface area contributed by atoms with Gasteiger partial charge in [0, 0.05) is 17.6 Å². The van der Waals surface area contributed by atoms with E-state index in [9.17, 15) is 9.59 Å². The molecule has 0 bridgehead atoms. The largest absolute Gasteiger partial charge is 0.480 e. The van der Waals surface area contributed by atoms with Gasteiger partial charge in [-0.1, -0.05) is 0 Å². The van der Waals surface area contributed by atoms with Gasteiger partial charge in [0.05, 0.1) is 0 Å². The second-order valence-corrected chi connectivity index (χ2v) is 5.99. The number of carbonyl (C=O) groups excluding carboxylic acids is 1. The normalized spacial score (nSPS) is 24.0. The quantitative estimate of drug-likeness (QED) is 0.895. The fourth-order valence-corrected chi connectivity index (χ4v) is 4.66. The number of aliphatic carboxylic acids is 1. The van der Waals surface area contributed by atoms with Crippen molar-refractivity contribution in [3.8, 4) is 0 Å². The van der Waals surface area contributed by atoms with Gasteiger partial charge in [0.1, 0.15) is 11.4 Å². The molecule has 4 nitrogen and oxygen atoms in total. The summed E-state index contributed by atoms with van der Waals surface area (Å²) in [5.41, 5.74) is 1.12. The van der Waals surface area contributed by atoms with Crippen LogP contribution >= 0.6 is 23.1 Å². The number of thiophene rings is 1. The zero-order valence-corrected chi connectivity index (χ0v) is 11.2. The van der Waals surface area contributed by atoms with Gasteiger partial charge in [0.15, 0.2) is 0 Å².